The molecule has 0 aromatic rings. The highest BCUT2D eigenvalue weighted by Gasteiger charge is 2.29. The molecule has 0 unspecified atom stereocenters. The zero-order valence-electron chi connectivity index (χ0n) is 9.76. The van der Waals surface area contributed by atoms with Crippen LogP contribution in [0.4, 0.5) is 9.59 Å². The van der Waals surface area contributed by atoms with Crippen molar-refractivity contribution in [1.29, 1.82) is 0 Å². The Morgan fingerprint density at radius 3 is 1.10 bits per heavy atom. The van der Waals surface area contributed by atoms with Crippen molar-refractivity contribution in [2.24, 2.45) is 0 Å². The summed E-state index contributed by atoms with van der Waals surface area (Å²) in [5.74, 6) is 0. The van der Waals surface area contributed by atoms with E-state index in [1.165, 1.54) is 0 Å². The Labute approximate surface area is 112 Å². The molecule has 0 heterocycles. The SMILES string of the molecule is CCO[Si](O)(O)O.O=C(O)O.O=C(O)O.O=P(O)(O)O. The number of carbonyl (C=O) groups is 2. The summed E-state index contributed by atoms with van der Waals surface area (Å²) in [6, 6.07) is 0. The second-order valence-corrected chi connectivity index (χ2v) is 4.55. The molecule has 124 valence electrons. The molecule has 0 aliphatic heterocycles. The van der Waals surface area contributed by atoms with Crippen LogP contribution in [0.5, 0.6) is 0 Å². The first-order valence-electron chi connectivity index (χ1n) is 3.96. The highest BCUT2D eigenvalue weighted by molar-refractivity contribution is 7.45. The Kier molecular flexibility index (Phi) is 19.1. The molecule has 14 nitrogen and oxygen atoms in total. The average Bonchev–Trinajstić information content (AvgIpc) is 1.93. The zero-order valence-corrected chi connectivity index (χ0v) is 11.7. The lowest BCUT2D eigenvalue weighted by molar-refractivity contribution is 0.0686. The van der Waals surface area contributed by atoms with E-state index in [1.54, 1.807) is 6.92 Å². The smallest absolute Gasteiger partial charge is 0.450 e. The molecule has 0 saturated carbocycles. The molecule has 0 aliphatic carbocycles. The molecule has 0 spiro atoms. The average molecular weight is 346 g/mol. The van der Waals surface area contributed by atoms with Crippen LogP contribution in [0, 0.1) is 0 Å². The normalized spacial score (nSPS) is 9.55. The summed E-state index contributed by atoms with van der Waals surface area (Å²) in [5, 5.41) is 27.9. The monoisotopic (exact) mass is 346 g/mol. The van der Waals surface area contributed by atoms with Gasteiger partial charge in [-0.25, -0.2) is 14.2 Å². The van der Waals surface area contributed by atoms with E-state index < -0.39 is 29.2 Å². The lowest BCUT2D eigenvalue weighted by Crippen LogP contribution is -2.38. The third-order valence-electron chi connectivity index (χ3n) is 0.338. The van der Waals surface area contributed by atoms with Gasteiger partial charge >= 0.3 is 29.2 Å². The molecule has 0 aliphatic rings. The fraction of sp³-hybridized carbons (Fsp3) is 0.500. The zero-order chi connectivity index (χ0) is 17.6. The van der Waals surface area contributed by atoms with Gasteiger partial charge in [0.2, 0.25) is 0 Å². The minimum atomic E-state index is -4.64. The molecule has 16 heteroatoms. The van der Waals surface area contributed by atoms with Crippen molar-refractivity contribution in [3.05, 3.63) is 0 Å². The number of rotatable bonds is 2. The predicted octanol–water partition coefficient (Wildman–Crippen LogP) is -2.05. The molecule has 0 aromatic carbocycles. The number of carboxylic acid groups (broad SMARTS) is 4. The molecule has 0 rings (SSSR count). The predicted molar refractivity (Wildman–Crippen MR) is 59.6 cm³/mol. The summed E-state index contributed by atoms with van der Waals surface area (Å²) < 4.78 is 12.9. The second-order valence-electron chi connectivity index (χ2n) is 2.09. The van der Waals surface area contributed by atoms with Gasteiger partial charge in [-0.1, -0.05) is 0 Å². The molecule has 0 saturated heterocycles. The van der Waals surface area contributed by atoms with Gasteiger partial charge in [0.1, 0.15) is 0 Å². The number of hydrogen-bond acceptors (Lipinski definition) is 7. The maximum atomic E-state index is 8.88. The summed E-state index contributed by atoms with van der Waals surface area (Å²) in [6.45, 7) is 1.68. The summed E-state index contributed by atoms with van der Waals surface area (Å²) in [7, 11) is -8.80. The Morgan fingerprint density at radius 2 is 1.10 bits per heavy atom. The van der Waals surface area contributed by atoms with Crippen LogP contribution in [0.1, 0.15) is 6.92 Å². The summed E-state index contributed by atoms with van der Waals surface area (Å²) in [6.07, 6.45) is -3.67. The fourth-order valence-corrected chi connectivity index (χ4v) is 0.581. The molecule has 0 aromatic heterocycles. The van der Waals surface area contributed by atoms with E-state index in [0.29, 0.717) is 0 Å². The molecular weight excluding hydrogens is 331 g/mol. The largest absolute Gasteiger partial charge is 0.671 e. The highest BCUT2D eigenvalue weighted by atomic mass is 31.2. The first-order chi connectivity index (χ1) is 8.52. The number of hydrogen-bond donors (Lipinski definition) is 10. The van der Waals surface area contributed by atoms with Crippen molar-refractivity contribution in [3.8, 4) is 0 Å². The molecule has 0 fully saturated rings. The minimum absolute atomic E-state index is 0.121. The molecule has 0 atom stereocenters. The van der Waals surface area contributed by atoms with Crippen LogP contribution >= 0.6 is 7.82 Å². The van der Waals surface area contributed by atoms with Gasteiger partial charge in [0, 0.05) is 6.61 Å². The Hall–Kier alpha value is -1.29. The van der Waals surface area contributed by atoms with Gasteiger partial charge in [-0.2, -0.15) is 0 Å². The van der Waals surface area contributed by atoms with Crippen LogP contribution in [0.3, 0.4) is 0 Å². The van der Waals surface area contributed by atoms with Crippen molar-refractivity contribution in [2.45, 2.75) is 6.92 Å². The Morgan fingerprint density at radius 1 is 0.950 bits per heavy atom. The van der Waals surface area contributed by atoms with E-state index in [-0.39, 0.29) is 6.61 Å². The van der Waals surface area contributed by atoms with Crippen LogP contribution in [-0.4, -0.2) is 77.5 Å². The van der Waals surface area contributed by atoms with Gasteiger partial charge in [-0.3, -0.25) is 0 Å². The lowest BCUT2D eigenvalue weighted by Gasteiger charge is -2.05. The Bertz CT molecular complexity index is 262. The van der Waals surface area contributed by atoms with Crippen LogP contribution in [0.2, 0.25) is 0 Å². The first kappa shape index (κ1) is 27.1. The summed E-state index contributed by atoms with van der Waals surface area (Å²) in [5.41, 5.74) is 0. The van der Waals surface area contributed by atoms with E-state index in [4.69, 9.17) is 63.6 Å². The lowest BCUT2D eigenvalue weighted by atomic mass is 10.9. The second kappa shape index (κ2) is 14.1. The van der Waals surface area contributed by atoms with Gasteiger partial charge in [-0.15, -0.1) is 0 Å². The summed E-state index contributed by atoms with van der Waals surface area (Å²) in [4.78, 5) is 62.8. The molecule has 10 N–H and O–H groups in total. The molecule has 0 radical (unpaired) electrons. The van der Waals surface area contributed by atoms with Gasteiger partial charge in [-0.05, 0) is 6.92 Å². The fourth-order valence-electron chi connectivity index (χ4n) is 0.194. The van der Waals surface area contributed by atoms with E-state index >= 15 is 0 Å². The van der Waals surface area contributed by atoms with E-state index in [2.05, 4.69) is 4.43 Å². The minimum Gasteiger partial charge on any atom is -0.450 e. The maximum Gasteiger partial charge on any atom is 0.671 e. The topological polar surface area (TPSA) is 263 Å². The first-order valence-corrected chi connectivity index (χ1v) is 7.27. The van der Waals surface area contributed by atoms with Crippen molar-refractivity contribution >= 4 is 29.2 Å². The van der Waals surface area contributed by atoms with E-state index in [0.717, 1.165) is 0 Å². The van der Waals surface area contributed by atoms with Crippen LogP contribution in [-0.2, 0) is 8.99 Å². The highest BCUT2D eigenvalue weighted by Crippen LogP contribution is 2.25. The van der Waals surface area contributed by atoms with Gasteiger partial charge < -0.3 is 53.9 Å². The quantitative estimate of drug-likeness (QED) is 0.190. The van der Waals surface area contributed by atoms with Crippen molar-refractivity contribution < 1.29 is 68.1 Å². The third-order valence-corrected chi connectivity index (χ3v) is 1.01. The van der Waals surface area contributed by atoms with Crippen LogP contribution < -0.4 is 0 Å². The maximum absolute atomic E-state index is 8.88. The van der Waals surface area contributed by atoms with Crippen LogP contribution in [0.15, 0.2) is 0 Å². The Balaban J connectivity index is -0.0000000883. The van der Waals surface area contributed by atoms with Crippen molar-refractivity contribution in [2.75, 3.05) is 6.61 Å². The molecule has 20 heavy (non-hydrogen) atoms. The van der Waals surface area contributed by atoms with Gasteiger partial charge in [0.05, 0.1) is 0 Å². The summed E-state index contributed by atoms with van der Waals surface area (Å²) >= 11 is 0. The van der Waals surface area contributed by atoms with Gasteiger partial charge in [0.25, 0.3) is 0 Å². The van der Waals surface area contributed by atoms with Gasteiger partial charge in [0.15, 0.2) is 0 Å². The molecule has 0 bridgehead atoms. The molecule has 0 amide bonds. The van der Waals surface area contributed by atoms with Crippen molar-refractivity contribution in [1.82, 2.24) is 0 Å². The van der Waals surface area contributed by atoms with Crippen molar-refractivity contribution in [3.63, 3.8) is 0 Å². The van der Waals surface area contributed by atoms with E-state index in [1.807, 2.05) is 0 Å². The number of phosphoric acid groups is 1. The van der Waals surface area contributed by atoms with Crippen LogP contribution in [0.25, 0.3) is 0 Å². The standard InChI is InChI=1S/C2H8O4Si.2CH2O3.H3O4P/c1-2-6-7(3,4)5;2*2-1(3)4;1-5(2,3)4/h3-5H,2H2,1H3;2*(H2,2,3,4);(H3,1,2,3,4). The molecular formula is C4H15O14PSi. The third kappa shape index (κ3) is 563. The van der Waals surface area contributed by atoms with E-state index in [9.17, 15) is 0 Å².